The third kappa shape index (κ3) is 38.0. The maximum atomic E-state index is 5.15. The Hall–Kier alpha value is 0.650. The summed E-state index contributed by atoms with van der Waals surface area (Å²) in [5.74, 6) is 0. The molecule has 0 heterocycles. The first-order chi connectivity index (χ1) is 4.91. The van der Waals surface area contributed by atoms with E-state index in [0.717, 1.165) is 17.6 Å². The van der Waals surface area contributed by atoms with Crippen LogP contribution in [0.25, 0.3) is 0 Å². The standard InChI is InChI=1S/C3H9IN2.2C2H6/c4-3-6-2-1-5;2*1-2/h6H,1-3,5H2;2*1-2H3. The van der Waals surface area contributed by atoms with Gasteiger partial charge in [-0.3, -0.25) is 0 Å². The van der Waals surface area contributed by atoms with Crippen molar-refractivity contribution in [1.29, 1.82) is 0 Å². The van der Waals surface area contributed by atoms with Crippen molar-refractivity contribution in [2.45, 2.75) is 27.7 Å². The van der Waals surface area contributed by atoms with Crippen molar-refractivity contribution in [2.24, 2.45) is 5.73 Å². The zero-order chi connectivity index (χ0) is 8.83. The van der Waals surface area contributed by atoms with Crippen LogP contribution >= 0.6 is 22.6 Å². The minimum atomic E-state index is 0.739. The molecule has 0 aromatic rings. The van der Waals surface area contributed by atoms with Gasteiger partial charge >= 0.3 is 0 Å². The molecule has 0 saturated carbocycles. The van der Waals surface area contributed by atoms with E-state index in [1.165, 1.54) is 0 Å². The fourth-order valence-electron chi connectivity index (χ4n) is 0.169. The average Bonchev–Trinajstić information content (AvgIpc) is 2.08. The summed E-state index contributed by atoms with van der Waals surface area (Å²) >= 11 is 2.24. The summed E-state index contributed by atoms with van der Waals surface area (Å²) in [7, 11) is 0. The summed E-state index contributed by atoms with van der Waals surface area (Å²) < 4.78 is 0.995. The Morgan fingerprint density at radius 1 is 1.20 bits per heavy atom. The fraction of sp³-hybridized carbons (Fsp3) is 1.00. The van der Waals surface area contributed by atoms with Gasteiger partial charge in [-0.2, -0.15) is 0 Å². The summed E-state index contributed by atoms with van der Waals surface area (Å²) in [6.45, 7) is 9.67. The first-order valence-corrected chi connectivity index (χ1v) is 5.41. The number of halogens is 1. The average molecular weight is 260 g/mol. The molecule has 0 aromatic carbocycles. The highest BCUT2D eigenvalue weighted by atomic mass is 127. The third-order valence-electron chi connectivity index (χ3n) is 0.416. The minimum absolute atomic E-state index is 0.739. The van der Waals surface area contributed by atoms with Crippen LogP contribution in [0.1, 0.15) is 27.7 Å². The lowest BCUT2D eigenvalue weighted by atomic mass is 10.7. The second kappa shape index (κ2) is 33.4. The maximum absolute atomic E-state index is 5.15. The first-order valence-electron chi connectivity index (χ1n) is 3.88. The summed E-state index contributed by atoms with van der Waals surface area (Å²) in [4.78, 5) is 0. The molecular weight excluding hydrogens is 239 g/mol. The maximum Gasteiger partial charge on any atom is 0.0480 e. The van der Waals surface area contributed by atoms with Gasteiger partial charge < -0.3 is 11.1 Å². The van der Waals surface area contributed by atoms with Gasteiger partial charge in [0, 0.05) is 17.6 Å². The predicted molar refractivity (Wildman–Crippen MR) is 58.6 cm³/mol. The number of hydrogen-bond donors (Lipinski definition) is 2. The Morgan fingerprint density at radius 2 is 1.60 bits per heavy atom. The normalized spacial score (nSPS) is 6.60. The molecule has 10 heavy (non-hydrogen) atoms. The van der Waals surface area contributed by atoms with Gasteiger partial charge in [-0.05, 0) is 0 Å². The molecule has 0 saturated heterocycles. The Balaban J connectivity index is -0.000000105. The van der Waals surface area contributed by atoms with Crippen molar-refractivity contribution in [2.75, 3.05) is 17.6 Å². The number of nitrogens with two attached hydrogens (primary N) is 1. The molecule has 66 valence electrons. The van der Waals surface area contributed by atoms with Gasteiger partial charge in [-0.15, -0.1) is 0 Å². The van der Waals surface area contributed by atoms with Crippen LogP contribution < -0.4 is 11.1 Å². The molecule has 0 rings (SSSR count). The second-order valence-corrected chi connectivity index (χ2v) is 1.69. The van der Waals surface area contributed by atoms with Crippen molar-refractivity contribution < 1.29 is 0 Å². The smallest absolute Gasteiger partial charge is 0.0480 e. The summed E-state index contributed by atoms with van der Waals surface area (Å²) in [5, 5.41) is 3.06. The van der Waals surface area contributed by atoms with Crippen molar-refractivity contribution in [1.82, 2.24) is 5.32 Å². The topological polar surface area (TPSA) is 38.0 Å². The van der Waals surface area contributed by atoms with E-state index in [-0.39, 0.29) is 0 Å². The Kier molecular flexibility index (Phi) is 56.6. The van der Waals surface area contributed by atoms with Crippen molar-refractivity contribution >= 4 is 22.6 Å². The zero-order valence-electron chi connectivity index (χ0n) is 7.58. The van der Waals surface area contributed by atoms with E-state index in [2.05, 4.69) is 27.9 Å². The summed E-state index contributed by atoms with van der Waals surface area (Å²) in [6.07, 6.45) is 0. The van der Waals surface area contributed by atoms with E-state index in [1.807, 2.05) is 27.7 Å². The summed E-state index contributed by atoms with van der Waals surface area (Å²) in [5.41, 5.74) is 5.15. The quantitative estimate of drug-likeness (QED) is 0.352. The Bertz CT molecular complexity index is 23.6. The molecule has 0 aromatic heterocycles. The fourth-order valence-corrected chi connectivity index (χ4v) is 0.550. The van der Waals surface area contributed by atoms with Crippen LogP contribution in [0.4, 0.5) is 0 Å². The highest BCUT2D eigenvalue weighted by molar-refractivity contribution is 14.1. The van der Waals surface area contributed by atoms with Crippen LogP contribution in [0.2, 0.25) is 0 Å². The second-order valence-electron chi connectivity index (χ2n) is 0.922. The van der Waals surface area contributed by atoms with Crippen LogP contribution in [-0.2, 0) is 0 Å². The van der Waals surface area contributed by atoms with Gasteiger partial charge in [0.05, 0.1) is 0 Å². The number of alkyl halides is 1. The van der Waals surface area contributed by atoms with E-state index in [0.29, 0.717) is 0 Å². The Morgan fingerprint density at radius 3 is 1.70 bits per heavy atom. The lowest BCUT2D eigenvalue weighted by molar-refractivity contribution is 0.794. The van der Waals surface area contributed by atoms with E-state index in [1.54, 1.807) is 0 Å². The third-order valence-corrected chi connectivity index (χ3v) is 0.955. The van der Waals surface area contributed by atoms with Crippen molar-refractivity contribution in [3.8, 4) is 0 Å². The van der Waals surface area contributed by atoms with Crippen LogP contribution in [0.15, 0.2) is 0 Å². The van der Waals surface area contributed by atoms with Gasteiger partial charge in [0.25, 0.3) is 0 Å². The molecule has 3 N–H and O–H groups in total. The lowest BCUT2D eigenvalue weighted by Crippen LogP contribution is -2.20. The zero-order valence-corrected chi connectivity index (χ0v) is 9.73. The molecule has 2 nitrogen and oxygen atoms in total. The lowest BCUT2D eigenvalue weighted by Gasteiger charge is -1.90. The van der Waals surface area contributed by atoms with Crippen molar-refractivity contribution in [3.63, 3.8) is 0 Å². The molecule has 0 spiro atoms. The predicted octanol–water partition coefficient (Wildman–Crippen LogP) is 1.98. The molecule has 0 radical (unpaired) electrons. The van der Waals surface area contributed by atoms with Gasteiger partial charge in [0.1, 0.15) is 0 Å². The van der Waals surface area contributed by atoms with E-state index in [9.17, 15) is 0 Å². The molecule has 0 unspecified atom stereocenters. The van der Waals surface area contributed by atoms with Crippen LogP contribution in [0, 0.1) is 0 Å². The molecule has 0 atom stereocenters. The SMILES string of the molecule is CC.CC.NCCNCI. The molecule has 0 amide bonds. The Labute approximate surface area is 79.1 Å². The number of rotatable bonds is 3. The van der Waals surface area contributed by atoms with Gasteiger partial charge in [-0.25, -0.2) is 0 Å². The van der Waals surface area contributed by atoms with Crippen LogP contribution in [-0.4, -0.2) is 17.6 Å². The summed E-state index contributed by atoms with van der Waals surface area (Å²) in [6, 6.07) is 0. The van der Waals surface area contributed by atoms with E-state index in [4.69, 9.17) is 5.73 Å². The molecule has 0 aliphatic heterocycles. The van der Waals surface area contributed by atoms with Crippen LogP contribution in [0.3, 0.4) is 0 Å². The molecule has 3 heteroatoms. The van der Waals surface area contributed by atoms with Crippen LogP contribution in [0.5, 0.6) is 0 Å². The first kappa shape index (κ1) is 16.9. The monoisotopic (exact) mass is 260 g/mol. The van der Waals surface area contributed by atoms with Crippen molar-refractivity contribution in [3.05, 3.63) is 0 Å². The highest BCUT2D eigenvalue weighted by Crippen LogP contribution is 1.69. The largest absolute Gasteiger partial charge is 0.329 e. The molecular formula is C7H21IN2. The van der Waals surface area contributed by atoms with Gasteiger partial charge in [0.2, 0.25) is 0 Å². The van der Waals surface area contributed by atoms with E-state index < -0.39 is 0 Å². The van der Waals surface area contributed by atoms with Gasteiger partial charge in [-0.1, -0.05) is 50.3 Å². The number of hydrogen-bond acceptors (Lipinski definition) is 2. The van der Waals surface area contributed by atoms with E-state index >= 15 is 0 Å². The molecule has 0 aliphatic carbocycles. The highest BCUT2D eigenvalue weighted by Gasteiger charge is 1.72. The number of nitrogens with one attached hydrogen (secondary N) is 1. The molecule has 0 fully saturated rings. The minimum Gasteiger partial charge on any atom is -0.329 e. The molecule has 0 bridgehead atoms. The molecule has 0 aliphatic rings. The van der Waals surface area contributed by atoms with Gasteiger partial charge in [0.15, 0.2) is 0 Å².